The van der Waals surface area contributed by atoms with Crippen molar-refractivity contribution < 1.29 is 19.8 Å². The number of aliphatic carboxylic acids is 1. The molecule has 0 spiro atoms. The molecule has 0 aromatic rings. The minimum absolute atomic E-state index is 0.184. The Hall–Kier alpha value is -0.850. The summed E-state index contributed by atoms with van der Waals surface area (Å²) in [6.45, 7) is 0. The van der Waals surface area contributed by atoms with Crippen molar-refractivity contribution in [3.8, 4) is 0 Å². The summed E-state index contributed by atoms with van der Waals surface area (Å²) in [4.78, 5) is 14.8. The molecule has 0 bridgehead atoms. The number of halogens is 1. The van der Waals surface area contributed by atoms with Crippen LogP contribution in [0.1, 0.15) is 0 Å². The van der Waals surface area contributed by atoms with Crippen molar-refractivity contribution in [1.82, 2.24) is 0 Å². The molecule has 0 saturated carbocycles. The van der Waals surface area contributed by atoms with Crippen LogP contribution in [0.4, 0.5) is 0 Å². The maximum Gasteiger partial charge on any atom is 0.324 e. The molecule has 1 rings (SSSR count). The number of carboxylic acids is 1. The summed E-state index contributed by atoms with van der Waals surface area (Å²) in [6.07, 6.45) is -2.35. The summed E-state index contributed by atoms with van der Waals surface area (Å²) in [7, 11) is 0. The third-order valence-corrected chi connectivity index (χ3v) is 1.75. The number of rotatable bonds is 2. The van der Waals surface area contributed by atoms with E-state index in [1.54, 1.807) is 0 Å². The highest BCUT2D eigenvalue weighted by Gasteiger charge is 2.39. The van der Waals surface area contributed by atoms with Gasteiger partial charge in [0.1, 0.15) is 6.04 Å². The third kappa shape index (κ3) is 1.50. The summed E-state index contributed by atoms with van der Waals surface area (Å²) in [5.74, 6) is -1.28. The molecule has 1 heterocycles. The molecule has 6 nitrogen and oxygen atoms in total. The van der Waals surface area contributed by atoms with E-state index in [2.05, 4.69) is 9.99 Å². The smallest absolute Gasteiger partial charge is 0.324 e. The summed E-state index contributed by atoms with van der Waals surface area (Å²) >= 11 is 5.33. The van der Waals surface area contributed by atoms with Gasteiger partial charge in [-0.1, -0.05) is 16.8 Å². The lowest BCUT2D eigenvalue weighted by Gasteiger charge is -2.15. The van der Waals surface area contributed by atoms with Crippen LogP contribution in [0.5, 0.6) is 0 Å². The van der Waals surface area contributed by atoms with Crippen LogP contribution in [0.15, 0.2) is 5.16 Å². The molecule has 1 aliphatic heterocycles. The maximum atomic E-state index is 10.3. The number of aliphatic hydroxyl groups is 1. The van der Waals surface area contributed by atoms with Crippen molar-refractivity contribution in [1.29, 1.82) is 0 Å². The quantitative estimate of drug-likeness (QED) is 0.507. The number of carboxylic acid groups (broad SMARTS) is 1. The molecule has 0 saturated heterocycles. The van der Waals surface area contributed by atoms with E-state index >= 15 is 0 Å². The van der Waals surface area contributed by atoms with Gasteiger partial charge in [0.05, 0.1) is 0 Å². The zero-order valence-electron chi connectivity index (χ0n) is 5.85. The highest BCUT2D eigenvalue weighted by molar-refractivity contribution is 6.66. The molecule has 0 fully saturated rings. The highest BCUT2D eigenvalue weighted by Crippen LogP contribution is 2.16. The number of hydrogen-bond donors (Lipinski definition) is 3. The van der Waals surface area contributed by atoms with Crippen molar-refractivity contribution in [2.45, 2.75) is 18.2 Å². The monoisotopic (exact) mass is 194 g/mol. The van der Waals surface area contributed by atoms with E-state index < -0.39 is 24.2 Å². The number of aliphatic hydroxyl groups excluding tert-OH is 1. The van der Waals surface area contributed by atoms with Gasteiger partial charge in [-0.15, -0.1) is 0 Å². The SMILES string of the molecule is N[C@H](C(=O)O)[C@H]1ON=C(Cl)[C@H]1O. The first-order valence-corrected chi connectivity index (χ1v) is 3.47. The Labute approximate surface area is 72.5 Å². The fourth-order valence-corrected chi connectivity index (χ4v) is 0.925. The molecule has 1 aliphatic rings. The second-order valence-electron chi connectivity index (χ2n) is 2.29. The first-order chi connectivity index (χ1) is 5.54. The fraction of sp³-hybridized carbons (Fsp3) is 0.600. The number of carbonyl (C=O) groups is 1. The summed E-state index contributed by atoms with van der Waals surface area (Å²) < 4.78 is 0. The van der Waals surface area contributed by atoms with Crippen LogP contribution in [0.2, 0.25) is 0 Å². The Kier molecular flexibility index (Phi) is 2.51. The molecule has 0 radical (unpaired) electrons. The Morgan fingerprint density at radius 3 is 2.75 bits per heavy atom. The van der Waals surface area contributed by atoms with Crippen LogP contribution in [-0.4, -0.2) is 39.6 Å². The summed E-state index contributed by atoms with van der Waals surface area (Å²) in [6, 6.07) is -1.33. The number of nitrogens with zero attached hydrogens (tertiary/aromatic N) is 1. The first-order valence-electron chi connectivity index (χ1n) is 3.09. The average molecular weight is 195 g/mol. The Bertz CT molecular complexity index is 231. The molecule has 7 heteroatoms. The van der Waals surface area contributed by atoms with E-state index in [1.807, 2.05) is 0 Å². The van der Waals surface area contributed by atoms with Crippen LogP contribution in [0, 0.1) is 0 Å². The van der Waals surface area contributed by atoms with E-state index in [0.29, 0.717) is 0 Å². The van der Waals surface area contributed by atoms with Gasteiger partial charge in [-0.05, 0) is 0 Å². The van der Waals surface area contributed by atoms with Crippen molar-refractivity contribution >= 4 is 22.7 Å². The lowest BCUT2D eigenvalue weighted by molar-refractivity contribution is -0.143. The Morgan fingerprint density at radius 1 is 1.83 bits per heavy atom. The minimum atomic E-state index is -1.33. The molecular weight excluding hydrogens is 188 g/mol. The third-order valence-electron chi connectivity index (χ3n) is 1.46. The lowest BCUT2D eigenvalue weighted by Crippen LogP contribution is -2.48. The van der Waals surface area contributed by atoms with E-state index in [1.165, 1.54) is 0 Å². The van der Waals surface area contributed by atoms with Gasteiger partial charge in [-0.25, -0.2) is 0 Å². The minimum Gasteiger partial charge on any atom is -0.480 e. The summed E-state index contributed by atoms with van der Waals surface area (Å²) in [5.41, 5.74) is 5.16. The molecule has 0 aliphatic carbocycles. The van der Waals surface area contributed by atoms with Crippen molar-refractivity contribution in [2.75, 3.05) is 0 Å². The Morgan fingerprint density at radius 2 is 2.42 bits per heavy atom. The second-order valence-corrected chi connectivity index (χ2v) is 2.68. The maximum absolute atomic E-state index is 10.3. The topological polar surface area (TPSA) is 105 Å². The number of oxime groups is 1. The van der Waals surface area contributed by atoms with Gasteiger partial charge in [-0.2, -0.15) is 0 Å². The van der Waals surface area contributed by atoms with Gasteiger partial charge in [0.15, 0.2) is 17.4 Å². The van der Waals surface area contributed by atoms with Gasteiger partial charge in [-0.3, -0.25) is 4.79 Å². The van der Waals surface area contributed by atoms with Gasteiger partial charge in [0.25, 0.3) is 0 Å². The molecule has 0 aromatic heterocycles. The largest absolute Gasteiger partial charge is 0.480 e. The van der Waals surface area contributed by atoms with Crippen LogP contribution in [-0.2, 0) is 9.63 Å². The van der Waals surface area contributed by atoms with Crippen LogP contribution in [0.3, 0.4) is 0 Å². The predicted octanol–water partition coefficient (Wildman–Crippen LogP) is -1.29. The molecule has 0 unspecified atom stereocenters. The van der Waals surface area contributed by atoms with E-state index in [9.17, 15) is 4.79 Å². The highest BCUT2D eigenvalue weighted by atomic mass is 35.5. The van der Waals surface area contributed by atoms with Crippen molar-refractivity contribution in [3.05, 3.63) is 0 Å². The zero-order valence-corrected chi connectivity index (χ0v) is 6.60. The summed E-state index contributed by atoms with van der Waals surface area (Å²) in [5, 5.41) is 20.6. The lowest BCUT2D eigenvalue weighted by atomic mass is 10.1. The van der Waals surface area contributed by atoms with Crippen LogP contribution >= 0.6 is 11.6 Å². The molecule has 0 aromatic carbocycles. The van der Waals surface area contributed by atoms with E-state index in [0.717, 1.165) is 0 Å². The standard InChI is InChI=1S/C5H7ClN2O4/c6-4-2(9)3(12-8-4)1(7)5(10)11/h1-3,9H,7H2,(H,10,11)/t1-,2-,3+/m0/s1. The van der Waals surface area contributed by atoms with Gasteiger partial charge < -0.3 is 20.8 Å². The van der Waals surface area contributed by atoms with E-state index in [-0.39, 0.29) is 5.17 Å². The van der Waals surface area contributed by atoms with Gasteiger partial charge >= 0.3 is 5.97 Å². The number of nitrogens with two attached hydrogens (primary N) is 1. The zero-order chi connectivity index (χ0) is 9.30. The van der Waals surface area contributed by atoms with E-state index in [4.69, 9.17) is 27.5 Å². The van der Waals surface area contributed by atoms with Crippen LogP contribution in [0.25, 0.3) is 0 Å². The molecular formula is C5H7ClN2O4. The molecule has 3 atom stereocenters. The predicted molar refractivity (Wildman–Crippen MR) is 39.8 cm³/mol. The normalized spacial score (nSPS) is 30.8. The Balaban J connectivity index is 2.63. The average Bonchev–Trinajstić information content (AvgIpc) is 2.32. The number of hydrogen-bond acceptors (Lipinski definition) is 5. The second kappa shape index (κ2) is 3.26. The first kappa shape index (κ1) is 9.24. The van der Waals surface area contributed by atoms with Crippen molar-refractivity contribution in [2.24, 2.45) is 10.9 Å². The van der Waals surface area contributed by atoms with Gasteiger partial charge in [0.2, 0.25) is 0 Å². The molecule has 4 N–H and O–H groups in total. The van der Waals surface area contributed by atoms with Gasteiger partial charge in [0, 0.05) is 0 Å². The molecule has 68 valence electrons. The molecule has 12 heavy (non-hydrogen) atoms. The van der Waals surface area contributed by atoms with Crippen molar-refractivity contribution in [3.63, 3.8) is 0 Å². The fourth-order valence-electron chi connectivity index (χ4n) is 0.761. The molecule has 0 amide bonds. The van der Waals surface area contributed by atoms with Crippen LogP contribution < -0.4 is 5.73 Å².